The fourth-order valence-corrected chi connectivity index (χ4v) is 1.49. The molecule has 4 nitrogen and oxygen atoms in total. The molecule has 0 spiro atoms. The Morgan fingerprint density at radius 3 is 2.06 bits per heavy atom. The standard InChI is InChI=1S/C13H28N2O2/c1-12(2,3)10-15(8-7-9-16)11(17)14-13(4,5)6/h16H,7-10H2,1-6H3,(H,14,17). The van der Waals surface area contributed by atoms with Gasteiger partial charge >= 0.3 is 6.03 Å². The molecule has 0 aliphatic heterocycles. The van der Waals surface area contributed by atoms with Crippen LogP contribution in [0.1, 0.15) is 48.0 Å². The quantitative estimate of drug-likeness (QED) is 0.796. The van der Waals surface area contributed by atoms with Crippen LogP contribution < -0.4 is 5.32 Å². The van der Waals surface area contributed by atoms with Crippen LogP contribution in [0.2, 0.25) is 0 Å². The van der Waals surface area contributed by atoms with Gasteiger partial charge in [-0.3, -0.25) is 0 Å². The first-order valence-corrected chi connectivity index (χ1v) is 6.23. The average Bonchev–Trinajstić information content (AvgIpc) is 2.07. The van der Waals surface area contributed by atoms with Gasteiger partial charge in [0, 0.05) is 25.2 Å². The maximum absolute atomic E-state index is 12.1. The van der Waals surface area contributed by atoms with E-state index in [1.54, 1.807) is 4.90 Å². The van der Waals surface area contributed by atoms with Crippen molar-refractivity contribution >= 4 is 6.03 Å². The zero-order valence-corrected chi connectivity index (χ0v) is 12.1. The molecule has 2 N–H and O–H groups in total. The Balaban J connectivity index is 4.51. The van der Waals surface area contributed by atoms with Gasteiger partial charge in [-0.1, -0.05) is 20.8 Å². The molecule has 0 fully saturated rings. The van der Waals surface area contributed by atoms with Crippen molar-refractivity contribution in [3.63, 3.8) is 0 Å². The zero-order chi connectivity index (χ0) is 13.7. The lowest BCUT2D eigenvalue weighted by atomic mass is 9.96. The van der Waals surface area contributed by atoms with Crippen LogP contribution in [0.3, 0.4) is 0 Å². The summed E-state index contributed by atoms with van der Waals surface area (Å²) in [6.07, 6.45) is 0.619. The molecule has 0 aromatic heterocycles. The number of nitrogens with one attached hydrogen (secondary N) is 1. The number of hydrogen-bond acceptors (Lipinski definition) is 2. The second-order valence-corrected chi connectivity index (χ2v) is 6.74. The number of hydrogen-bond donors (Lipinski definition) is 2. The van der Waals surface area contributed by atoms with Crippen molar-refractivity contribution < 1.29 is 9.90 Å². The highest BCUT2D eigenvalue weighted by atomic mass is 16.3. The Morgan fingerprint density at radius 2 is 1.71 bits per heavy atom. The van der Waals surface area contributed by atoms with Crippen molar-refractivity contribution in [2.24, 2.45) is 5.41 Å². The fraction of sp³-hybridized carbons (Fsp3) is 0.923. The van der Waals surface area contributed by atoms with Crippen LogP contribution in [0.15, 0.2) is 0 Å². The highest BCUT2D eigenvalue weighted by Gasteiger charge is 2.23. The summed E-state index contributed by atoms with van der Waals surface area (Å²) >= 11 is 0. The number of nitrogens with zero attached hydrogens (tertiary/aromatic N) is 1. The normalized spacial score (nSPS) is 12.4. The van der Waals surface area contributed by atoms with Gasteiger partial charge in [-0.25, -0.2) is 4.79 Å². The molecule has 0 heterocycles. The lowest BCUT2D eigenvalue weighted by Crippen LogP contribution is -2.50. The van der Waals surface area contributed by atoms with E-state index in [0.29, 0.717) is 19.5 Å². The number of carbonyl (C=O) groups is 1. The largest absolute Gasteiger partial charge is 0.396 e. The maximum Gasteiger partial charge on any atom is 0.317 e. The first-order chi connectivity index (χ1) is 7.55. The third-order valence-electron chi connectivity index (χ3n) is 2.02. The minimum Gasteiger partial charge on any atom is -0.396 e. The molecule has 0 unspecified atom stereocenters. The summed E-state index contributed by atoms with van der Waals surface area (Å²) in [5.74, 6) is 0. The van der Waals surface area contributed by atoms with Crippen LogP contribution in [0.4, 0.5) is 4.79 Å². The zero-order valence-electron chi connectivity index (χ0n) is 12.1. The molecule has 0 saturated carbocycles. The van der Waals surface area contributed by atoms with Crippen molar-refractivity contribution in [3.05, 3.63) is 0 Å². The van der Waals surface area contributed by atoms with E-state index in [0.717, 1.165) is 0 Å². The number of aliphatic hydroxyl groups excluding tert-OH is 1. The summed E-state index contributed by atoms with van der Waals surface area (Å²) in [5.41, 5.74) is -0.170. The molecule has 0 aromatic rings. The molecule has 2 amide bonds. The summed E-state index contributed by atoms with van der Waals surface area (Å²) < 4.78 is 0. The molecular weight excluding hydrogens is 216 g/mol. The monoisotopic (exact) mass is 244 g/mol. The number of carbonyl (C=O) groups excluding carboxylic acids is 1. The molecular formula is C13H28N2O2. The lowest BCUT2D eigenvalue weighted by molar-refractivity contribution is 0.158. The summed E-state index contributed by atoms with van der Waals surface area (Å²) in [4.78, 5) is 13.9. The van der Waals surface area contributed by atoms with E-state index >= 15 is 0 Å². The van der Waals surface area contributed by atoms with E-state index < -0.39 is 0 Å². The van der Waals surface area contributed by atoms with E-state index in [4.69, 9.17) is 5.11 Å². The second kappa shape index (κ2) is 6.24. The minimum absolute atomic E-state index is 0.0547. The predicted octanol–water partition coefficient (Wildman–Crippen LogP) is 2.22. The third-order valence-corrected chi connectivity index (χ3v) is 2.02. The summed E-state index contributed by atoms with van der Waals surface area (Å²) in [5, 5.41) is 11.8. The molecule has 102 valence electrons. The number of aliphatic hydroxyl groups is 1. The van der Waals surface area contributed by atoms with Gasteiger partial charge in [0.15, 0.2) is 0 Å². The van der Waals surface area contributed by atoms with Gasteiger partial charge in [-0.05, 0) is 32.6 Å². The Bertz CT molecular complexity index is 239. The average molecular weight is 244 g/mol. The fourth-order valence-electron chi connectivity index (χ4n) is 1.49. The third kappa shape index (κ3) is 8.98. The molecule has 0 saturated heterocycles. The van der Waals surface area contributed by atoms with Crippen LogP contribution >= 0.6 is 0 Å². The van der Waals surface area contributed by atoms with Gasteiger partial charge in [-0.15, -0.1) is 0 Å². The van der Waals surface area contributed by atoms with Gasteiger partial charge in [0.1, 0.15) is 0 Å². The summed E-state index contributed by atoms with van der Waals surface area (Å²) in [6.45, 7) is 13.6. The van der Waals surface area contributed by atoms with E-state index in [2.05, 4.69) is 26.1 Å². The molecule has 0 aromatic carbocycles. The summed E-state index contributed by atoms with van der Waals surface area (Å²) in [6, 6.07) is -0.0547. The predicted molar refractivity (Wildman–Crippen MR) is 71.0 cm³/mol. The molecule has 0 atom stereocenters. The summed E-state index contributed by atoms with van der Waals surface area (Å²) in [7, 11) is 0. The Morgan fingerprint density at radius 1 is 1.18 bits per heavy atom. The van der Waals surface area contributed by atoms with Crippen molar-refractivity contribution in [1.82, 2.24) is 10.2 Å². The number of amides is 2. The minimum atomic E-state index is -0.230. The topological polar surface area (TPSA) is 52.6 Å². The highest BCUT2D eigenvalue weighted by molar-refractivity contribution is 5.75. The van der Waals surface area contributed by atoms with Crippen LogP contribution in [-0.4, -0.2) is 41.3 Å². The van der Waals surface area contributed by atoms with Crippen LogP contribution in [-0.2, 0) is 0 Å². The van der Waals surface area contributed by atoms with E-state index in [-0.39, 0.29) is 23.6 Å². The van der Waals surface area contributed by atoms with Gasteiger partial charge in [0.2, 0.25) is 0 Å². The van der Waals surface area contributed by atoms with Crippen molar-refractivity contribution in [3.8, 4) is 0 Å². The first-order valence-electron chi connectivity index (χ1n) is 6.23. The van der Waals surface area contributed by atoms with Crippen molar-refractivity contribution in [2.45, 2.75) is 53.5 Å². The van der Waals surface area contributed by atoms with Gasteiger partial charge in [0.05, 0.1) is 0 Å². The first kappa shape index (κ1) is 16.2. The molecule has 0 aliphatic carbocycles. The van der Waals surface area contributed by atoms with Crippen LogP contribution in [0, 0.1) is 5.41 Å². The van der Waals surface area contributed by atoms with E-state index in [1.807, 2.05) is 20.8 Å². The second-order valence-electron chi connectivity index (χ2n) is 6.74. The van der Waals surface area contributed by atoms with Gasteiger partial charge in [0.25, 0.3) is 0 Å². The van der Waals surface area contributed by atoms with E-state index in [9.17, 15) is 4.79 Å². The molecule has 0 bridgehead atoms. The van der Waals surface area contributed by atoms with Crippen molar-refractivity contribution in [2.75, 3.05) is 19.7 Å². The highest BCUT2D eigenvalue weighted by Crippen LogP contribution is 2.16. The maximum atomic E-state index is 12.1. The molecule has 17 heavy (non-hydrogen) atoms. The molecule has 0 aliphatic rings. The SMILES string of the molecule is CC(C)(C)CN(CCCO)C(=O)NC(C)(C)C. The smallest absolute Gasteiger partial charge is 0.317 e. The Kier molecular flexibility index (Phi) is 5.96. The molecule has 0 radical (unpaired) electrons. The van der Waals surface area contributed by atoms with Gasteiger partial charge < -0.3 is 15.3 Å². The molecule has 0 rings (SSSR count). The van der Waals surface area contributed by atoms with Crippen LogP contribution in [0.5, 0.6) is 0 Å². The number of urea groups is 1. The lowest BCUT2D eigenvalue weighted by Gasteiger charge is -2.33. The Labute approximate surface area is 105 Å². The number of rotatable bonds is 4. The van der Waals surface area contributed by atoms with Crippen molar-refractivity contribution in [1.29, 1.82) is 0 Å². The van der Waals surface area contributed by atoms with E-state index in [1.165, 1.54) is 0 Å². The Hall–Kier alpha value is -0.770. The van der Waals surface area contributed by atoms with Crippen LogP contribution in [0.25, 0.3) is 0 Å². The van der Waals surface area contributed by atoms with Gasteiger partial charge in [-0.2, -0.15) is 0 Å². The molecule has 4 heteroatoms.